The summed E-state index contributed by atoms with van der Waals surface area (Å²) in [6, 6.07) is -0.0135. The molecule has 4 saturated carbocycles. The van der Waals surface area contributed by atoms with Gasteiger partial charge in [-0.1, -0.05) is 33.8 Å². The maximum Gasteiger partial charge on any atom is 0.316 e. The maximum absolute atomic E-state index is 13.5. The van der Waals surface area contributed by atoms with Gasteiger partial charge >= 0.3 is 11.9 Å². The van der Waals surface area contributed by atoms with E-state index in [0.29, 0.717) is 19.3 Å². The van der Waals surface area contributed by atoms with Crippen molar-refractivity contribution in [2.45, 2.75) is 116 Å². The molecule has 0 spiro atoms. The maximum atomic E-state index is 13.5. The molecule has 0 aliphatic heterocycles. The first-order valence-corrected chi connectivity index (χ1v) is 15.4. The third-order valence-electron chi connectivity index (χ3n) is 11.1. The number of hydrogen-bond donors (Lipinski definition) is 2. The Balaban J connectivity index is 1.59. The van der Waals surface area contributed by atoms with Gasteiger partial charge in [-0.3, -0.25) is 14.4 Å². The smallest absolute Gasteiger partial charge is 0.316 e. The molecule has 0 amide bonds. The average molecular weight is 550 g/mol. The molecule has 4 fully saturated rings. The molecule has 4 rings (SSSR count). The SMILES string of the molecule is C=C[C@]1(C)C[C@@H](OC(=O)CS[C@@H]2CC[C@@H](N)C[C@H]2OC(C)=O)[C@]2(C)[C@H](C)CC[C@]3(CCC(=O)[C@H]32)[C@@H](C)[C@@H]1O. The van der Waals surface area contributed by atoms with Gasteiger partial charge in [0, 0.05) is 47.8 Å². The molecule has 214 valence electrons. The molecule has 11 atom stereocenters. The van der Waals surface area contributed by atoms with Gasteiger partial charge < -0.3 is 20.3 Å². The van der Waals surface area contributed by atoms with Crippen LogP contribution in [0.25, 0.3) is 0 Å². The first kappa shape index (κ1) is 29.6. The van der Waals surface area contributed by atoms with Gasteiger partial charge in [-0.2, -0.15) is 0 Å². The van der Waals surface area contributed by atoms with Crippen molar-refractivity contribution in [1.29, 1.82) is 0 Å². The Hall–Kier alpha value is -1.38. The zero-order valence-corrected chi connectivity index (χ0v) is 24.6. The number of Topliss-reactive ketones (excluding diaryl/α,β-unsaturated/α-hetero) is 1. The van der Waals surface area contributed by atoms with Crippen LogP contribution in [0.3, 0.4) is 0 Å². The first-order valence-electron chi connectivity index (χ1n) is 14.4. The number of esters is 2. The van der Waals surface area contributed by atoms with E-state index in [1.54, 1.807) is 0 Å². The Labute approximate surface area is 232 Å². The van der Waals surface area contributed by atoms with Gasteiger partial charge in [0.2, 0.25) is 0 Å². The number of carbonyl (C=O) groups is 3. The normalized spacial score (nSPS) is 46.9. The van der Waals surface area contributed by atoms with E-state index in [0.717, 1.165) is 32.1 Å². The number of carbonyl (C=O) groups excluding carboxylic acids is 3. The van der Waals surface area contributed by atoms with E-state index in [1.165, 1.54) is 18.7 Å². The molecule has 0 unspecified atom stereocenters. The van der Waals surface area contributed by atoms with Crippen LogP contribution in [-0.4, -0.2) is 58.2 Å². The Bertz CT molecular complexity index is 957. The summed E-state index contributed by atoms with van der Waals surface area (Å²) in [5.41, 5.74) is 4.64. The van der Waals surface area contributed by atoms with Gasteiger partial charge in [-0.15, -0.1) is 18.3 Å². The third-order valence-corrected chi connectivity index (χ3v) is 12.4. The van der Waals surface area contributed by atoms with Gasteiger partial charge in [0.1, 0.15) is 18.0 Å². The van der Waals surface area contributed by atoms with E-state index in [-0.39, 0.29) is 64.0 Å². The molecule has 0 heterocycles. The van der Waals surface area contributed by atoms with Crippen LogP contribution in [0.5, 0.6) is 0 Å². The summed E-state index contributed by atoms with van der Waals surface area (Å²) in [6.45, 7) is 13.9. The molecule has 0 aromatic rings. The van der Waals surface area contributed by atoms with Crippen LogP contribution in [0.15, 0.2) is 12.7 Å². The Morgan fingerprint density at radius 1 is 1.18 bits per heavy atom. The first-order chi connectivity index (χ1) is 17.8. The van der Waals surface area contributed by atoms with E-state index in [9.17, 15) is 19.5 Å². The van der Waals surface area contributed by atoms with Crippen molar-refractivity contribution < 1.29 is 29.0 Å². The Morgan fingerprint density at radius 2 is 1.89 bits per heavy atom. The molecule has 8 heteroatoms. The number of ketones is 1. The van der Waals surface area contributed by atoms with Crippen LogP contribution in [0, 0.1) is 34.0 Å². The Morgan fingerprint density at radius 3 is 2.55 bits per heavy atom. The van der Waals surface area contributed by atoms with Gasteiger partial charge in [-0.05, 0) is 55.8 Å². The van der Waals surface area contributed by atoms with Gasteiger partial charge in [0.25, 0.3) is 0 Å². The second kappa shape index (κ2) is 10.9. The van der Waals surface area contributed by atoms with Gasteiger partial charge in [0.05, 0.1) is 11.9 Å². The standard InChI is InChI=1S/C30H47NO6S/c1-7-28(5)15-24(37-25(34)16-38-23-9-8-20(31)14-22(23)36-19(4)32)29(6)17(2)10-12-30(18(3)27(28)35)13-11-21(33)26(29)30/h7,17-18,20,22-24,26-27,35H,1,8-16,31H2,2-6H3/t17-,18+,20-,22-,23-,24-,26+,27+,28-,29+,30+/m1/s1. The number of rotatable bonds is 6. The van der Waals surface area contributed by atoms with E-state index in [1.807, 2.05) is 13.0 Å². The van der Waals surface area contributed by atoms with E-state index < -0.39 is 23.0 Å². The van der Waals surface area contributed by atoms with E-state index >= 15 is 0 Å². The summed E-state index contributed by atoms with van der Waals surface area (Å²) in [7, 11) is 0. The van der Waals surface area contributed by atoms with Crippen molar-refractivity contribution in [1.82, 2.24) is 0 Å². The largest absolute Gasteiger partial charge is 0.461 e. The number of nitrogens with two attached hydrogens (primary N) is 1. The number of aliphatic hydroxyl groups excluding tert-OH is 1. The van der Waals surface area contributed by atoms with Gasteiger partial charge in [0.15, 0.2) is 0 Å². The highest BCUT2D eigenvalue weighted by molar-refractivity contribution is 8.00. The van der Waals surface area contributed by atoms with E-state index in [2.05, 4.69) is 27.4 Å². The van der Waals surface area contributed by atoms with Crippen molar-refractivity contribution >= 4 is 29.5 Å². The number of hydrogen-bond acceptors (Lipinski definition) is 8. The predicted molar refractivity (Wildman–Crippen MR) is 148 cm³/mol. The predicted octanol–water partition coefficient (Wildman–Crippen LogP) is 4.44. The summed E-state index contributed by atoms with van der Waals surface area (Å²) in [5, 5.41) is 11.6. The highest BCUT2D eigenvalue weighted by Gasteiger charge is 2.68. The van der Waals surface area contributed by atoms with Crippen molar-refractivity contribution in [2.75, 3.05) is 5.75 Å². The van der Waals surface area contributed by atoms with Crippen LogP contribution in [0.4, 0.5) is 0 Å². The minimum atomic E-state index is -0.683. The fraction of sp³-hybridized carbons (Fsp3) is 0.833. The molecule has 2 bridgehead atoms. The summed E-state index contributed by atoms with van der Waals surface area (Å²) in [6.07, 6.45) is 6.05. The van der Waals surface area contributed by atoms with Crippen LogP contribution >= 0.6 is 11.8 Å². The van der Waals surface area contributed by atoms with Crippen LogP contribution in [0.2, 0.25) is 0 Å². The summed E-state index contributed by atoms with van der Waals surface area (Å²) >= 11 is 1.46. The molecular weight excluding hydrogens is 502 g/mol. The summed E-state index contributed by atoms with van der Waals surface area (Å²) < 4.78 is 11.9. The fourth-order valence-electron chi connectivity index (χ4n) is 8.53. The molecule has 0 radical (unpaired) electrons. The third kappa shape index (κ3) is 4.98. The quantitative estimate of drug-likeness (QED) is 0.369. The fourth-order valence-corrected chi connectivity index (χ4v) is 9.63. The molecule has 0 saturated heterocycles. The number of ether oxygens (including phenoxy) is 2. The number of aliphatic hydroxyl groups is 1. The lowest BCUT2D eigenvalue weighted by Gasteiger charge is -2.61. The molecular formula is C30H47NO6S. The molecule has 0 aromatic heterocycles. The molecule has 0 aromatic carbocycles. The second-order valence-corrected chi connectivity index (χ2v) is 14.4. The second-order valence-electron chi connectivity index (χ2n) is 13.1. The average Bonchev–Trinajstić information content (AvgIpc) is 3.21. The lowest BCUT2D eigenvalue weighted by molar-refractivity contribution is -0.205. The van der Waals surface area contributed by atoms with Crippen molar-refractivity contribution in [3.05, 3.63) is 12.7 Å². The summed E-state index contributed by atoms with van der Waals surface area (Å²) in [5.74, 6) is -0.399. The van der Waals surface area contributed by atoms with Crippen LogP contribution in [0.1, 0.15) is 86.0 Å². The summed E-state index contributed by atoms with van der Waals surface area (Å²) in [4.78, 5) is 38.6. The van der Waals surface area contributed by atoms with Crippen molar-refractivity contribution in [3.63, 3.8) is 0 Å². The number of thioether (sulfide) groups is 1. The highest BCUT2D eigenvalue weighted by Crippen LogP contribution is 2.68. The van der Waals surface area contributed by atoms with Crippen molar-refractivity contribution in [2.24, 2.45) is 39.7 Å². The molecule has 4 aliphatic rings. The molecule has 3 N–H and O–H groups in total. The lowest BCUT2D eigenvalue weighted by atomic mass is 9.44. The zero-order chi connectivity index (χ0) is 28.0. The lowest BCUT2D eigenvalue weighted by Crippen LogP contribution is -2.63. The minimum absolute atomic E-state index is 0.0135. The minimum Gasteiger partial charge on any atom is -0.461 e. The molecule has 7 nitrogen and oxygen atoms in total. The van der Waals surface area contributed by atoms with Crippen LogP contribution < -0.4 is 5.73 Å². The molecule has 38 heavy (non-hydrogen) atoms. The topological polar surface area (TPSA) is 116 Å². The highest BCUT2D eigenvalue weighted by atomic mass is 32.2. The van der Waals surface area contributed by atoms with E-state index in [4.69, 9.17) is 15.2 Å². The van der Waals surface area contributed by atoms with Crippen LogP contribution in [-0.2, 0) is 23.9 Å². The van der Waals surface area contributed by atoms with Gasteiger partial charge in [-0.25, -0.2) is 0 Å². The Kier molecular flexibility index (Phi) is 8.48. The van der Waals surface area contributed by atoms with Crippen molar-refractivity contribution in [3.8, 4) is 0 Å². The molecule has 4 aliphatic carbocycles. The monoisotopic (exact) mass is 549 g/mol. The zero-order valence-electron chi connectivity index (χ0n) is 23.7.